The maximum absolute atomic E-state index is 5.25. The van der Waals surface area contributed by atoms with E-state index in [1.807, 2.05) is 25.3 Å². The molecule has 6 nitrogen and oxygen atoms in total. The Balaban J connectivity index is 1.60. The van der Waals surface area contributed by atoms with Crippen LogP contribution in [0.15, 0.2) is 22.9 Å². The van der Waals surface area contributed by atoms with Gasteiger partial charge >= 0.3 is 0 Å². The number of aromatic nitrogens is 3. The van der Waals surface area contributed by atoms with Crippen LogP contribution >= 0.6 is 0 Å². The first-order valence-electron chi connectivity index (χ1n) is 7.56. The standard InChI is InChI=1S/C15H19N5O/c1-10-17-15(21-19-10)11-4-6-16-14(8-11)20-7-5-12-2-3-13(9-20)18-12/h4,6,8,12-13,18H,2-3,5,7,9H2,1H3/t12-,13+/m1/s1. The SMILES string of the molecule is Cc1noc(-c2ccnc(N3CC[C@H]4CC[C@@H](C3)N4)c2)n1. The number of hydrogen-bond donors (Lipinski definition) is 1. The number of nitrogens with one attached hydrogen (secondary N) is 1. The highest BCUT2D eigenvalue weighted by Crippen LogP contribution is 2.26. The molecule has 2 bridgehead atoms. The largest absolute Gasteiger partial charge is 0.355 e. The van der Waals surface area contributed by atoms with Crippen molar-refractivity contribution in [1.29, 1.82) is 0 Å². The molecule has 0 aromatic carbocycles. The van der Waals surface area contributed by atoms with E-state index in [9.17, 15) is 0 Å². The van der Waals surface area contributed by atoms with Crippen LogP contribution in [0.1, 0.15) is 25.1 Å². The Hall–Kier alpha value is -1.95. The van der Waals surface area contributed by atoms with Crippen LogP contribution in [0.2, 0.25) is 0 Å². The molecule has 2 aromatic heterocycles. The minimum atomic E-state index is 0.561. The molecular formula is C15H19N5O. The van der Waals surface area contributed by atoms with E-state index in [0.29, 0.717) is 23.8 Å². The molecule has 0 spiro atoms. The van der Waals surface area contributed by atoms with E-state index < -0.39 is 0 Å². The summed E-state index contributed by atoms with van der Waals surface area (Å²) in [5, 5.41) is 7.54. The molecule has 6 heteroatoms. The van der Waals surface area contributed by atoms with E-state index in [0.717, 1.165) is 24.5 Å². The Labute approximate surface area is 123 Å². The van der Waals surface area contributed by atoms with Gasteiger partial charge in [0.1, 0.15) is 5.82 Å². The van der Waals surface area contributed by atoms with Crippen molar-refractivity contribution in [3.05, 3.63) is 24.2 Å². The molecule has 2 aliphatic heterocycles. The van der Waals surface area contributed by atoms with Gasteiger partial charge in [0.05, 0.1) is 0 Å². The monoisotopic (exact) mass is 285 g/mol. The van der Waals surface area contributed by atoms with Crippen LogP contribution in [0.25, 0.3) is 11.5 Å². The van der Waals surface area contributed by atoms with Gasteiger partial charge in [-0.15, -0.1) is 0 Å². The molecule has 0 aliphatic carbocycles. The molecule has 4 heterocycles. The molecule has 0 saturated carbocycles. The summed E-state index contributed by atoms with van der Waals surface area (Å²) in [6.45, 7) is 3.90. The lowest BCUT2D eigenvalue weighted by atomic mass is 10.1. The molecule has 2 saturated heterocycles. The summed E-state index contributed by atoms with van der Waals surface area (Å²) in [5.74, 6) is 2.21. The highest BCUT2D eigenvalue weighted by molar-refractivity contribution is 5.58. The maximum Gasteiger partial charge on any atom is 0.258 e. The molecule has 21 heavy (non-hydrogen) atoms. The summed E-state index contributed by atoms with van der Waals surface area (Å²) in [4.78, 5) is 11.2. The van der Waals surface area contributed by atoms with E-state index >= 15 is 0 Å². The third kappa shape index (κ3) is 2.51. The van der Waals surface area contributed by atoms with Crippen LogP contribution in [0.4, 0.5) is 5.82 Å². The summed E-state index contributed by atoms with van der Waals surface area (Å²) < 4.78 is 5.25. The second-order valence-electron chi connectivity index (χ2n) is 5.92. The van der Waals surface area contributed by atoms with Crippen molar-refractivity contribution in [2.45, 2.75) is 38.3 Å². The van der Waals surface area contributed by atoms with E-state index in [1.54, 1.807) is 0 Å². The average Bonchev–Trinajstić information content (AvgIpc) is 3.05. The molecule has 0 radical (unpaired) electrons. The van der Waals surface area contributed by atoms with Gasteiger partial charge in [-0.3, -0.25) is 0 Å². The van der Waals surface area contributed by atoms with Crippen LogP contribution in [-0.2, 0) is 0 Å². The van der Waals surface area contributed by atoms with Gasteiger partial charge in [0, 0.05) is 36.9 Å². The van der Waals surface area contributed by atoms with Crippen molar-refractivity contribution in [3.8, 4) is 11.5 Å². The summed E-state index contributed by atoms with van der Waals surface area (Å²) >= 11 is 0. The van der Waals surface area contributed by atoms with Gasteiger partial charge in [0.15, 0.2) is 5.82 Å². The van der Waals surface area contributed by atoms with Crippen molar-refractivity contribution >= 4 is 5.82 Å². The number of hydrogen-bond acceptors (Lipinski definition) is 6. The Morgan fingerprint density at radius 2 is 2.19 bits per heavy atom. The summed E-state index contributed by atoms with van der Waals surface area (Å²) in [6.07, 6.45) is 5.58. The normalized spacial score (nSPS) is 25.1. The fourth-order valence-corrected chi connectivity index (χ4v) is 3.29. The molecule has 1 N–H and O–H groups in total. The fraction of sp³-hybridized carbons (Fsp3) is 0.533. The molecule has 2 aromatic rings. The number of nitrogens with zero attached hydrogens (tertiary/aromatic N) is 4. The first-order valence-corrected chi connectivity index (χ1v) is 7.56. The maximum atomic E-state index is 5.25. The van der Waals surface area contributed by atoms with Crippen molar-refractivity contribution in [2.24, 2.45) is 0 Å². The first kappa shape index (κ1) is 12.8. The van der Waals surface area contributed by atoms with Crippen molar-refractivity contribution in [1.82, 2.24) is 20.4 Å². The Morgan fingerprint density at radius 1 is 1.29 bits per heavy atom. The van der Waals surface area contributed by atoms with Gasteiger partial charge in [-0.2, -0.15) is 4.98 Å². The Kier molecular flexibility index (Phi) is 3.11. The van der Waals surface area contributed by atoms with Crippen molar-refractivity contribution in [2.75, 3.05) is 18.0 Å². The van der Waals surface area contributed by atoms with E-state index in [2.05, 4.69) is 25.3 Å². The molecule has 2 atom stereocenters. The third-order valence-corrected chi connectivity index (χ3v) is 4.37. The van der Waals surface area contributed by atoms with Crippen molar-refractivity contribution in [3.63, 3.8) is 0 Å². The predicted octanol–water partition coefficient (Wildman–Crippen LogP) is 1.77. The second-order valence-corrected chi connectivity index (χ2v) is 5.92. The number of fused-ring (bicyclic) bond motifs is 2. The van der Waals surface area contributed by atoms with Crippen LogP contribution < -0.4 is 10.2 Å². The lowest BCUT2D eigenvalue weighted by molar-refractivity contribution is 0.425. The molecule has 0 amide bonds. The van der Waals surface area contributed by atoms with Gasteiger partial charge in [-0.1, -0.05) is 5.16 Å². The molecule has 4 rings (SSSR count). The smallest absolute Gasteiger partial charge is 0.258 e. The quantitative estimate of drug-likeness (QED) is 0.907. The van der Waals surface area contributed by atoms with Gasteiger partial charge in [0.25, 0.3) is 5.89 Å². The van der Waals surface area contributed by atoms with Crippen LogP contribution in [0.3, 0.4) is 0 Å². The zero-order valence-electron chi connectivity index (χ0n) is 12.1. The lowest BCUT2D eigenvalue weighted by Crippen LogP contribution is -2.35. The summed E-state index contributed by atoms with van der Waals surface area (Å²) in [7, 11) is 0. The van der Waals surface area contributed by atoms with Gasteiger partial charge in [0.2, 0.25) is 0 Å². The Bertz CT molecular complexity index is 640. The molecule has 0 unspecified atom stereocenters. The Morgan fingerprint density at radius 3 is 3.05 bits per heavy atom. The molecular weight excluding hydrogens is 266 g/mol. The van der Waals surface area contributed by atoms with Crippen molar-refractivity contribution < 1.29 is 4.52 Å². The topological polar surface area (TPSA) is 67.1 Å². The predicted molar refractivity (Wildman–Crippen MR) is 79.0 cm³/mol. The molecule has 110 valence electrons. The highest BCUT2D eigenvalue weighted by Gasteiger charge is 2.29. The average molecular weight is 285 g/mol. The van der Waals surface area contributed by atoms with Gasteiger partial charge in [-0.25, -0.2) is 4.98 Å². The van der Waals surface area contributed by atoms with Gasteiger partial charge < -0.3 is 14.7 Å². The lowest BCUT2D eigenvalue weighted by Gasteiger charge is -2.25. The zero-order valence-corrected chi connectivity index (χ0v) is 12.1. The molecule has 2 aliphatic rings. The second kappa shape index (κ2) is 5.11. The minimum Gasteiger partial charge on any atom is -0.355 e. The van der Waals surface area contributed by atoms with E-state index in [4.69, 9.17) is 4.52 Å². The van der Waals surface area contributed by atoms with Crippen LogP contribution in [0.5, 0.6) is 0 Å². The van der Waals surface area contributed by atoms with E-state index in [1.165, 1.54) is 19.3 Å². The summed E-state index contributed by atoms with van der Waals surface area (Å²) in [5.41, 5.74) is 0.933. The number of pyridine rings is 1. The van der Waals surface area contributed by atoms with Crippen LogP contribution in [-0.4, -0.2) is 40.3 Å². The highest BCUT2D eigenvalue weighted by atomic mass is 16.5. The number of anilines is 1. The summed E-state index contributed by atoms with van der Waals surface area (Å²) in [6, 6.07) is 5.24. The minimum absolute atomic E-state index is 0.561. The number of rotatable bonds is 2. The van der Waals surface area contributed by atoms with Gasteiger partial charge in [-0.05, 0) is 38.3 Å². The zero-order chi connectivity index (χ0) is 14.2. The number of aryl methyl sites for hydroxylation is 1. The van der Waals surface area contributed by atoms with Crippen LogP contribution in [0, 0.1) is 6.92 Å². The fourth-order valence-electron chi connectivity index (χ4n) is 3.29. The molecule has 2 fully saturated rings. The third-order valence-electron chi connectivity index (χ3n) is 4.37. The van der Waals surface area contributed by atoms with E-state index in [-0.39, 0.29) is 0 Å². The first-order chi connectivity index (χ1) is 10.3.